The summed E-state index contributed by atoms with van der Waals surface area (Å²) < 4.78 is 22.6. The van der Waals surface area contributed by atoms with Gasteiger partial charge in [-0.2, -0.15) is 0 Å². The van der Waals surface area contributed by atoms with E-state index in [1.807, 2.05) is 0 Å². The molecule has 0 aliphatic heterocycles. The minimum Gasteiger partial charge on any atom is -0.465 e. The van der Waals surface area contributed by atoms with E-state index in [0.717, 1.165) is 12.1 Å². The number of esters is 1. The number of nitrogens with one attached hydrogen (secondary N) is 1. The van der Waals surface area contributed by atoms with Crippen LogP contribution in [0.2, 0.25) is 0 Å². The summed E-state index contributed by atoms with van der Waals surface area (Å²) in [4.78, 5) is 23.0. The van der Waals surface area contributed by atoms with Gasteiger partial charge in [0.2, 0.25) is 5.91 Å². The largest absolute Gasteiger partial charge is 0.465 e. The van der Waals surface area contributed by atoms with Gasteiger partial charge < -0.3 is 20.5 Å². The Hall–Kier alpha value is -1.99. The summed E-state index contributed by atoms with van der Waals surface area (Å²) in [6, 6.07) is 3.37. The maximum Gasteiger partial charge on any atom is 0.339 e. The van der Waals surface area contributed by atoms with E-state index in [1.54, 1.807) is 0 Å². The van der Waals surface area contributed by atoms with Gasteiger partial charge in [0.15, 0.2) is 0 Å². The number of carbonyl (C=O) groups excluding carboxylic acids is 2. The summed E-state index contributed by atoms with van der Waals surface area (Å²) in [5, 5.41) is 2.38. The Labute approximate surface area is 109 Å². The number of benzene rings is 1. The van der Waals surface area contributed by atoms with Gasteiger partial charge in [-0.3, -0.25) is 4.79 Å². The Morgan fingerprint density at radius 2 is 2.16 bits per heavy atom. The highest BCUT2D eigenvalue weighted by Crippen LogP contribution is 2.18. The lowest BCUT2D eigenvalue weighted by molar-refractivity contribution is -0.120. The zero-order chi connectivity index (χ0) is 14.3. The molecule has 1 amide bonds. The normalized spacial score (nSPS) is 10.1. The van der Waals surface area contributed by atoms with Gasteiger partial charge in [-0.1, -0.05) is 0 Å². The summed E-state index contributed by atoms with van der Waals surface area (Å²) in [7, 11) is 1.20. The average Bonchev–Trinajstić information content (AvgIpc) is 2.38. The van der Waals surface area contributed by atoms with Crippen molar-refractivity contribution in [3.8, 4) is 0 Å². The molecule has 19 heavy (non-hydrogen) atoms. The molecular weight excluding hydrogens is 255 g/mol. The maximum absolute atomic E-state index is 13.1. The number of ether oxygens (including phenoxy) is 2. The van der Waals surface area contributed by atoms with E-state index >= 15 is 0 Å². The fourth-order valence-electron chi connectivity index (χ4n) is 1.34. The molecule has 0 spiro atoms. The molecule has 1 aromatic carbocycles. The van der Waals surface area contributed by atoms with Crippen LogP contribution in [0.4, 0.5) is 10.1 Å². The number of anilines is 1. The van der Waals surface area contributed by atoms with Gasteiger partial charge in [0, 0.05) is 6.54 Å². The fraction of sp³-hybridized carbons (Fsp3) is 0.333. The lowest BCUT2D eigenvalue weighted by atomic mass is 10.1. The standard InChI is InChI=1S/C12H15FN2O4/c1-18-12(17)9-3-2-8(13)6-10(9)15-11(16)7-19-5-4-14/h2-3,6H,4-5,7,14H2,1H3,(H,15,16). The van der Waals surface area contributed by atoms with Gasteiger partial charge >= 0.3 is 5.97 Å². The topological polar surface area (TPSA) is 90.6 Å². The molecule has 0 aliphatic carbocycles. The lowest BCUT2D eigenvalue weighted by Crippen LogP contribution is -2.22. The number of nitrogens with two attached hydrogens (primary N) is 1. The van der Waals surface area contributed by atoms with E-state index in [-0.39, 0.29) is 24.5 Å². The monoisotopic (exact) mass is 270 g/mol. The van der Waals surface area contributed by atoms with Crippen molar-refractivity contribution in [2.24, 2.45) is 5.73 Å². The van der Waals surface area contributed by atoms with E-state index in [2.05, 4.69) is 10.1 Å². The second-order valence-corrected chi connectivity index (χ2v) is 3.57. The van der Waals surface area contributed by atoms with Gasteiger partial charge in [-0.25, -0.2) is 9.18 Å². The van der Waals surface area contributed by atoms with Crippen LogP contribution in [0.3, 0.4) is 0 Å². The predicted molar refractivity (Wildman–Crippen MR) is 66.2 cm³/mol. The molecule has 0 aromatic heterocycles. The number of hydrogen-bond donors (Lipinski definition) is 2. The Morgan fingerprint density at radius 3 is 2.79 bits per heavy atom. The number of methoxy groups -OCH3 is 1. The smallest absolute Gasteiger partial charge is 0.339 e. The number of amides is 1. The molecule has 7 heteroatoms. The van der Waals surface area contributed by atoms with Crippen molar-refractivity contribution in [3.05, 3.63) is 29.6 Å². The quantitative estimate of drug-likeness (QED) is 0.581. The first-order chi connectivity index (χ1) is 9.08. The zero-order valence-corrected chi connectivity index (χ0v) is 10.4. The highest BCUT2D eigenvalue weighted by molar-refractivity contribution is 6.01. The highest BCUT2D eigenvalue weighted by Gasteiger charge is 2.14. The molecule has 0 unspecified atom stereocenters. The van der Waals surface area contributed by atoms with E-state index < -0.39 is 17.7 Å². The first-order valence-electron chi connectivity index (χ1n) is 5.54. The van der Waals surface area contributed by atoms with Gasteiger partial charge in [-0.05, 0) is 18.2 Å². The van der Waals surface area contributed by atoms with Crippen LogP contribution in [0.25, 0.3) is 0 Å². The molecular formula is C12H15FN2O4. The average molecular weight is 270 g/mol. The molecule has 1 rings (SSSR count). The summed E-state index contributed by atoms with van der Waals surface area (Å²) in [5.74, 6) is -1.76. The SMILES string of the molecule is COC(=O)c1ccc(F)cc1NC(=O)COCCN. The zero-order valence-electron chi connectivity index (χ0n) is 10.4. The minimum absolute atomic E-state index is 0.0354. The molecule has 0 aliphatic rings. The molecule has 0 bridgehead atoms. The number of halogens is 1. The Morgan fingerprint density at radius 1 is 1.42 bits per heavy atom. The summed E-state index contributed by atoms with van der Waals surface area (Å²) in [5.41, 5.74) is 5.30. The second kappa shape index (κ2) is 7.45. The molecule has 0 radical (unpaired) electrons. The van der Waals surface area contributed by atoms with Crippen LogP contribution >= 0.6 is 0 Å². The third kappa shape index (κ3) is 4.65. The van der Waals surface area contributed by atoms with Crippen LogP contribution < -0.4 is 11.1 Å². The molecule has 0 heterocycles. The molecule has 1 aromatic rings. The summed E-state index contributed by atoms with van der Waals surface area (Å²) in [6.07, 6.45) is 0. The van der Waals surface area contributed by atoms with Crippen molar-refractivity contribution >= 4 is 17.6 Å². The van der Waals surface area contributed by atoms with Crippen molar-refractivity contribution in [1.29, 1.82) is 0 Å². The summed E-state index contributed by atoms with van der Waals surface area (Å²) >= 11 is 0. The van der Waals surface area contributed by atoms with Crippen LogP contribution in [0.15, 0.2) is 18.2 Å². The minimum atomic E-state index is -0.668. The Balaban J connectivity index is 2.78. The fourth-order valence-corrected chi connectivity index (χ4v) is 1.34. The highest BCUT2D eigenvalue weighted by atomic mass is 19.1. The number of hydrogen-bond acceptors (Lipinski definition) is 5. The van der Waals surface area contributed by atoms with Crippen molar-refractivity contribution in [2.75, 3.05) is 32.2 Å². The first-order valence-corrected chi connectivity index (χ1v) is 5.54. The van der Waals surface area contributed by atoms with E-state index in [4.69, 9.17) is 10.5 Å². The van der Waals surface area contributed by atoms with Gasteiger partial charge in [-0.15, -0.1) is 0 Å². The van der Waals surface area contributed by atoms with Crippen molar-refractivity contribution in [3.63, 3.8) is 0 Å². The molecule has 0 saturated heterocycles. The van der Waals surface area contributed by atoms with E-state index in [1.165, 1.54) is 13.2 Å². The molecule has 104 valence electrons. The second-order valence-electron chi connectivity index (χ2n) is 3.57. The van der Waals surface area contributed by atoms with Gasteiger partial charge in [0.05, 0.1) is 25.0 Å². The number of rotatable bonds is 6. The third-order valence-electron chi connectivity index (χ3n) is 2.16. The Kier molecular flexibility index (Phi) is 5.91. The van der Waals surface area contributed by atoms with Gasteiger partial charge in [0.25, 0.3) is 0 Å². The van der Waals surface area contributed by atoms with Crippen molar-refractivity contribution < 1.29 is 23.5 Å². The molecule has 3 N–H and O–H groups in total. The maximum atomic E-state index is 13.1. The lowest BCUT2D eigenvalue weighted by Gasteiger charge is -2.10. The van der Waals surface area contributed by atoms with Crippen LogP contribution in [0.5, 0.6) is 0 Å². The third-order valence-corrected chi connectivity index (χ3v) is 2.16. The van der Waals surface area contributed by atoms with Gasteiger partial charge in [0.1, 0.15) is 12.4 Å². The Bertz CT molecular complexity index is 465. The molecule has 0 saturated carbocycles. The summed E-state index contributed by atoms with van der Waals surface area (Å²) in [6.45, 7) is 0.301. The molecule has 0 atom stereocenters. The van der Waals surface area contributed by atoms with E-state index in [0.29, 0.717) is 6.54 Å². The van der Waals surface area contributed by atoms with E-state index in [9.17, 15) is 14.0 Å². The van der Waals surface area contributed by atoms with Crippen LogP contribution in [0.1, 0.15) is 10.4 Å². The van der Waals surface area contributed by atoms with Crippen molar-refractivity contribution in [1.82, 2.24) is 0 Å². The van der Waals surface area contributed by atoms with Crippen molar-refractivity contribution in [2.45, 2.75) is 0 Å². The molecule has 6 nitrogen and oxygen atoms in total. The van der Waals surface area contributed by atoms with Crippen LogP contribution in [-0.2, 0) is 14.3 Å². The first kappa shape index (κ1) is 15.1. The van der Waals surface area contributed by atoms with Crippen LogP contribution in [-0.4, -0.2) is 38.7 Å². The predicted octanol–water partition coefficient (Wildman–Crippen LogP) is 0.526. The molecule has 0 fully saturated rings. The number of carbonyl (C=O) groups is 2. The van der Waals surface area contributed by atoms with Crippen LogP contribution in [0, 0.1) is 5.82 Å².